The van der Waals surface area contributed by atoms with Gasteiger partial charge in [-0.1, -0.05) is 6.42 Å². The first-order chi connectivity index (χ1) is 7.88. The van der Waals surface area contributed by atoms with Gasteiger partial charge in [0.15, 0.2) is 0 Å². The van der Waals surface area contributed by atoms with Crippen LogP contribution in [0.2, 0.25) is 0 Å². The van der Waals surface area contributed by atoms with Gasteiger partial charge in [0.1, 0.15) is 9.84 Å². The Balaban J connectivity index is 1.80. The molecular formula is C13H24O3S. The highest BCUT2D eigenvalue weighted by molar-refractivity contribution is 7.90. The summed E-state index contributed by atoms with van der Waals surface area (Å²) in [6, 6.07) is 0. The minimum absolute atomic E-state index is 0.212. The minimum atomic E-state index is -2.88. The van der Waals surface area contributed by atoms with Gasteiger partial charge in [-0.15, -0.1) is 0 Å². The molecule has 2 saturated carbocycles. The van der Waals surface area contributed by atoms with E-state index >= 15 is 0 Å². The molecule has 0 radical (unpaired) electrons. The van der Waals surface area contributed by atoms with Gasteiger partial charge < -0.3 is 5.11 Å². The molecule has 2 atom stereocenters. The van der Waals surface area contributed by atoms with Crippen molar-refractivity contribution >= 4 is 9.84 Å². The Morgan fingerprint density at radius 3 is 2.53 bits per heavy atom. The maximum absolute atomic E-state index is 11.1. The van der Waals surface area contributed by atoms with Crippen molar-refractivity contribution in [3.05, 3.63) is 0 Å². The third-order valence-corrected chi connectivity index (χ3v) is 5.34. The van der Waals surface area contributed by atoms with Gasteiger partial charge in [0.25, 0.3) is 0 Å². The van der Waals surface area contributed by atoms with E-state index in [0.29, 0.717) is 18.8 Å². The van der Waals surface area contributed by atoms with Crippen molar-refractivity contribution in [1.82, 2.24) is 0 Å². The minimum Gasteiger partial charge on any atom is -0.390 e. The van der Waals surface area contributed by atoms with Crippen LogP contribution >= 0.6 is 0 Å². The SMILES string of the molecule is CS(=O)(=O)CCCC1(O)CCCC(C2CC2)C1. The van der Waals surface area contributed by atoms with Gasteiger partial charge in [-0.05, 0) is 56.8 Å². The lowest BCUT2D eigenvalue weighted by Crippen LogP contribution is -2.36. The lowest BCUT2D eigenvalue weighted by atomic mass is 9.74. The molecule has 0 bridgehead atoms. The van der Waals surface area contributed by atoms with E-state index in [1.165, 1.54) is 25.5 Å². The molecule has 0 aliphatic heterocycles. The predicted octanol–water partition coefficient (Wildman–Crippen LogP) is 2.14. The maximum Gasteiger partial charge on any atom is 0.147 e. The van der Waals surface area contributed by atoms with Crippen molar-refractivity contribution in [3.8, 4) is 0 Å². The number of hydrogen-bond donors (Lipinski definition) is 1. The van der Waals surface area contributed by atoms with Crippen LogP contribution in [0.1, 0.15) is 51.4 Å². The van der Waals surface area contributed by atoms with E-state index < -0.39 is 15.4 Å². The Morgan fingerprint density at radius 2 is 1.94 bits per heavy atom. The zero-order valence-electron chi connectivity index (χ0n) is 10.7. The molecule has 17 heavy (non-hydrogen) atoms. The summed E-state index contributed by atoms with van der Waals surface area (Å²) in [7, 11) is -2.88. The molecule has 0 amide bonds. The van der Waals surface area contributed by atoms with Crippen LogP contribution in [-0.4, -0.2) is 31.1 Å². The summed E-state index contributed by atoms with van der Waals surface area (Å²) >= 11 is 0. The molecule has 100 valence electrons. The summed E-state index contributed by atoms with van der Waals surface area (Å²) in [6.07, 6.45) is 9.34. The van der Waals surface area contributed by atoms with Crippen LogP contribution in [0.3, 0.4) is 0 Å². The molecule has 2 fully saturated rings. The zero-order valence-corrected chi connectivity index (χ0v) is 11.5. The van der Waals surface area contributed by atoms with Crippen LogP contribution in [0, 0.1) is 11.8 Å². The molecule has 4 heteroatoms. The third kappa shape index (κ3) is 4.25. The Kier molecular flexibility index (Phi) is 3.83. The topological polar surface area (TPSA) is 54.4 Å². The van der Waals surface area contributed by atoms with Crippen LogP contribution in [-0.2, 0) is 9.84 Å². The lowest BCUT2D eigenvalue weighted by molar-refractivity contribution is -0.0272. The fourth-order valence-electron chi connectivity index (χ4n) is 3.25. The molecule has 2 rings (SSSR count). The Morgan fingerprint density at radius 1 is 1.24 bits per heavy atom. The first-order valence-corrected chi connectivity index (χ1v) is 8.84. The van der Waals surface area contributed by atoms with E-state index in [0.717, 1.165) is 25.2 Å². The van der Waals surface area contributed by atoms with Gasteiger partial charge in [-0.3, -0.25) is 0 Å². The van der Waals surface area contributed by atoms with Crippen LogP contribution in [0.5, 0.6) is 0 Å². The monoisotopic (exact) mass is 260 g/mol. The van der Waals surface area contributed by atoms with Gasteiger partial charge in [0.2, 0.25) is 0 Å². The summed E-state index contributed by atoms with van der Waals surface area (Å²) in [5, 5.41) is 10.5. The number of rotatable bonds is 5. The molecule has 0 heterocycles. The van der Waals surface area contributed by atoms with Crippen LogP contribution in [0.4, 0.5) is 0 Å². The van der Waals surface area contributed by atoms with Crippen molar-refractivity contribution in [3.63, 3.8) is 0 Å². The average molecular weight is 260 g/mol. The molecule has 0 aromatic carbocycles. The Bertz CT molecular complexity index is 359. The van der Waals surface area contributed by atoms with Gasteiger partial charge >= 0.3 is 0 Å². The van der Waals surface area contributed by atoms with Gasteiger partial charge in [-0.2, -0.15) is 0 Å². The fourth-order valence-corrected chi connectivity index (χ4v) is 3.91. The summed E-state index contributed by atoms with van der Waals surface area (Å²) in [4.78, 5) is 0. The second kappa shape index (κ2) is 4.88. The quantitative estimate of drug-likeness (QED) is 0.824. The van der Waals surface area contributed by atoms with Crippen LogP contribution < -0.4 is 0 Å². The Labute approximate surface area is 105 Å². The molecule has 3 nitrogen and oxygen atoms in total. The molecule has 0 aromatic rings. The average Bonchev–Trinajstić information content (AvgIpc) is 2.97. The van der Waals surface area contributed by atoms with E-state index in [4.69, 9.17) is 0 Å². The van der Waals surface area contributed by atoms with E-state index in [1.807, 2.05) is 0 Å². The number of hydrogen-bond acceptors (Lipinski definition) is 3. The second-order valence-electron chi connectivity index (χ2n) is 6.15. The summed E-state index contributed by atoms with van der Waals surface area (Å²) in [5.74, 6) is 1.77. The highest BCUT2D eigenvalue weighted by Crippen LogP contribution is 2.47. The smallest absolute Gasteiger partial charge is 0.147 e. The molecule has 0 aromatic heterocycles. The van der Waals surface area contributed by atoms with Crippen molar-refractivity contribution < 1.29 is 13.5 Å². The number of aliphatic hydroxyl groups is 1. The predicted molar refractivity (Wildman–Crippen MR) is 68.6 cm³/mol. The van der Waals surface area contributed by atoms with Crippen molar-refractivity contribution in [2.45, 2.75) is 57.0 Å². The molecular weight excluding hydrogens is 236 g/mol. The lowest BCUT2D eigenvalue weighted by Gasteiger charge is -2.37. The Hall–Kier alpha value is -0.0900. The van der Waals surface area contributed by atoms with Crippen molar-refractivity contribution in [1.29, 1.82) is 0 Å². The second-order valence-corrected chi connectivity index (χ2v) is 8.41. The highest BCUT2D eigenvalue weighted by atomic mass is 32.2. The van der Waals surface area contributed by atoms with Crippen molar-refractivity contribution in [2.75, 3.05) is 12.0 Å². The largest absolute Gasteiger partial charge is 0.390 e. The van der Waals surface area contributed by atoms with Gasteiger partial charge in [-0.25, -0.2) is 8.42 Å². The molecule has 2 aliphatic rings. The first kappa shape index (κ1) is 13.3. The van der Waals surface area contributed by atoms with Gasteiger partial charge in [0, 0.05) is 12.0 Å². The molecule has 0 saturated heterocycles. The van der Waals surface area contributed by atoms with E-state index in [2.05, 4.69) is 0 Å². The van der Waals surface area contributed by atoms with Crippen LogP contribution in [0.25, 0.3) is 0 Å². The summed E-state index contributed by atoms with van der Waals surface area (Å²) in [6.45, 7) is 0. The fraction of sp³-hybridized carbons (Fsp3) is 1.00. The number of sulfone groups is 1. The maximum atomic E-state index is 11.1. The highest BCUT2D eigenvalue weighted by Gasteiger charge is 2.40. The zero-order chi connectivity index (χ0) is 12.5. The normalized spacial score (nSPS) is 34.8. The first-order valence-electron chi connectivity index (χ1n) is 6.78. The molecule has 0 spiro atoms. The summed E-state index contributed by atoms with van der Waals surface area (Å²) in [5.41, 5.74) is -0.573. The van der Waals surface area contributed by atoms with Gasteiger partial charge in [0.05, 0.1) is 5.60 Å². The van der Waals surface area contributed by atoms with E-state index in [9.17, 15) is 13.5 Å². The molecule has 1 N–H and O–H groups in total. The van der Waals surface area contributed by atoms with E-state index in [1.54, 1.807) is 0 Å². The molecule has 2 aliphatic carbocycles. The third-order valence-electron chi connectivity index (χ3n) is 4.31. The standard InChI is InChI=1S/C13H24O3S/c1-17(15,16)9-3-8-13(14)7-2-4-12(10-13)11-5-6-11/h11-12,14H,2-10H2,1H3. The summed E-state index contributed by atoms with van der Waals surface area (Å²) < 4.78 is 22.2. The van der Waals surface area contributed by atoms with Crippen LogP contribution in [0.15, 0.2) is 0 Å². The van der Waals surface area contributed by atoms with Crippen molar-refractivity contribution in [2.24, 2.45) is 11.8 Å². The molecule has 2 unspecified atom stereocenters. The van der Waals surface area contributed by atoms with E-state index in [-0.39, 0.29) is 5.75 Å².